The Morgan fingerprint density at radius 2 is 1.66 bits per heavy atom. The van der Waals surface area contributed by atoms with E-state index in [1.807, 2.05) is 26.8 Å². The van der Waals surface area contributed by atoms with Crippen molar-refractivity contribution in [2.75, 3.05) is 0 Å². The number of hydrogen-bond acceptors (Lipinski definition) is 5. The van der Waals surface area contributed by atoms with Gasteiger partial charge < -0.3 is 14.6 Å². The monoisotopic (exact) mass is 640 g/mol. The molecular weight excluding hydrogens is 584 g/mol. The molecule has 5 heteroatoms. The van der Waals surface area contributed by atoms with Crippen molar-refractivity contribution in [3.8, 4) is 11.5 Å². The molecule has 0 radical (unpaired) electrons. The van der Waals surface area contributed by atoms with Crippen molar-refractivity contribution < 1.29 is 24.2 Å². The summed E-state index contributed by atoms with van der Waals surface area (Å²) in [4.78, 5) is 26.1. The summed E-state index contributed by atoms with van der Waals surface area (Å²) in [6.45, 7) is 23.1. The summed E-state index contributed by atoms with van der Waals surface area (Å²) in [5, 5.41) is 13.1. The Labute approximate surface area is 282 Å². The fourth-order valence-corrected chi connectivity index (χ4v) is 8.32. The van der Waals surface area contributed by atoms with Crippen molar-refractivity contribution in [3.63, 3.8) is 0 Å². The van der Waals surface area contributed by atoms with Crippen molar-refractivity contribution in [1.82, 2.24) is 0 Å². The average Bonchev–Trinajstić information content (AvgIpc) is 3.00. The van der Waals surface area contributed by atoms with Gasteiger partial charge in [0.05, 0.1) is 6.10 Å². The molecule has 0 aromatic heterocycles. The van der Waals surface area contributed by atoms with Crippen LogP contribution in [0.15, 0.2) is 36.4 Å². The van der Waals surface area contributed by atoms with E-state index in [-0.39, 0.29) is 52.7 Å². The average molecular weight is 641 g/mol. The molecule has 3 aromatic carbocycles. The highest BCUT2D eigenvalue weighted by atomic mass is 16.6. The Balaban J connectivity index is 1.70. The molecule has 3 aromatic rings. The highest BCUT2D eigenvalue weighted by Gasteiger charge is 2.58. The number of hydrogen-bond donors (Lipinski definition) is 1. The van der Waals surface area contributed by atoms with Gasteiger partial charge in [-0.15, -0.1) is 0 Å². The largest absolute Gasteiger partial charge is 0.508 e. The lowest BCUT2D eigenvalue weighted by Gasteiger charge is -2.56. The predicted octanol–water partition coefficient (Wildman–Crippen LogP) is 10.1. The standard InChI is InChI=1S/C42H56O5/c1-22(2)31-20-33(26(8)18-37(31)45)40-41(39-27(9)36(44)16-17-42(39,11)28(10)46-40)47-38-21-34-29(19-32(38)23(3)4)13-12-25(7)30(34)14-15-35(43)24(5)6/h12-13,18-24,27-28,39-41,45H,14-17H2,1-11H3/t27?,28-,39?,40?,41-,42?/m1/s1. The van der Waals surface area contributed by atoms with Crippen molar-refractivity contribution in [2.24, 2.45) is 23.2 Å². The minimum Gasteiger partial charge on any atom is -0.508 e. The van der Waals surface area contributed by atoms with Gasteiger partial charge in [0.25, 0.3) is 0 Å². The summed E-state index contributed by atoms with van der Waals surface area (Å²) in [6.07, 6.45) is 1.58. The zero-order valence-corrected chi connectivity index (χ0v) is 30.5. The lowest BCUT2D eigenvalue weighted by molar-refractivity contribution is -0.222. The molecule has 1 aliphatic heterocycles. The predicted molar refractivity (Wildman–Crippen MR) is 191 cm³/mol. The Morgan fingerprint density at radius 1 is 0.979 bits per heavy atom. The van der Waals surface area contributed by atoms with Gasteiger partial charge in [-0.2, -0.15) is 0 Å². The van der Waals surface area contributed by atoms with Crippen LogP contribution in [0.25, 0.3) is 10.8 Å². The fraction of sp³-hybridized carbons (Fsp3) is 0.571. The topological polar surface area (TPSA) is 72.8 Å². The zero-order chi connectivity index (χ0) is 34.5. The molecule has 1 aliphatic carbocycles. The van der Waals surface area contributed by atoms with Crippen LogP contribution >= 0.6 is 0 Å². The summed E-state index contributed by atoms with van der Waals surface area (Å²) in [6, 6.07) is 12.7. The maximum Gasteiger partial charge on any atom is 0.136 e. The number of fused-ring (bicyclic) bond motifs is 2. The number of rotatable bonds is 9. The number of aryl methyl sites for hydroxylation is 3. The van der Waals surface area contributed by atoms with E-state index in [2.05, 4.69) is 85.7 Å². The third-order valence-electron chi connectivity index (χ3n) is 11.6. The zero-order valence-electron chi connectivity index (χ0n) is 30.5. The van der Waals surface area contributed by atoms with Crippen molar-refractivity contribution >= 4 is 22.3 Å². The summed E-state index contributed by atoms with van der Waals surface area (Å²) >= 11 is 0. The molecule has 254 valence electrons. The Kier molecular flexibility index (Phi) is 10.0. The summed E-state index contributed by atoms with van der Waals surface area (Å²) < 4.78 is 14.4. The Morgan fingerprint density at radius 3 is 2.30 bits per heavy atom. The van der Waals surface area contributed by atoms with E-state index in [1.54, 1.807) is 0 Å². The minimum absolute atomic E-state index is 0.0106. The molecule has 0 amide bonds. The van der Waals surface area contributed by atoms with E-state index >= 15 is 0 Å². The third-order valence-corrected chi connectivity index (χ3v) is 11.6. The Bertz CT molecular complexity index is 1670. The van der Waals surface area contributed by atoms with Crippen LogP contribution in [0.5, 0.6) is 11.5 Å². The van der Waals surface area contributed by atoms with E-state index in [0.29, 0.717) is 25.0 Å². The van der Waals surface area contributed by atoms with E-state index in [9.17, 15) is 14.7 Å². The first-order chi connectivity index (χ1) is 22.0. The molecule has 1 heterocycles. The van der Waals surface area contributed by atoms with Gasteiger partial charge in [-0.1, -0.05) is 67.5 Å². The van der Waals surface area contributed by atoms with E-state index in [4.69, 9.17) is 9.47 Å². The highest BCUT2D eigenvalue weighted by Crippen LogP contribution is 2.56. The number of carbonyl (C=O) groups excluding carboxylic acids is 2. The summed E-state index contributed by atoms with van der Waals surface area (Å²) in [5.41, 5.74) is 6.07. The number of benzene rings is 3. The lowest BCUT2D eigenvalue weighted by Crippen LogP contribution is -2.60. The number of ether oxygens (including phenoxy) is 2. The van der Waals surface area contributed by atoms with Gasteiger partial charge in [-0.05, 0) is 114 Å². The summed E-state index contributed by atoms with van der Waals surface area (Å²) in [5.74, 6) is 1.76. The van der Waals surface area contributed by atoms with Gasteiger partial charge in [0.15, 0.2) is 0 Å². The van der Waals surface area contributed by atoms with E-state index in [0.717, 1.165) is 45.2 Å². The van der Waals surface area contributed by atoms with Gasteiger partial charge in [-0.3, -0.25) is 9.59 Å². The minimum atomic E-state index is -0.426. The Hall–Kier alpha value is -3.18. The molecule has 47 heavy (non-hydrogen) atoms. The van der Waals surface area contributed by atoms with Gasteiger partial charge in [0.1, 0.15) is 35.3 Å². The fourth-order valence-electron chi connectivity index (χ4n) is 8.32. The van der Waals surface area contributed by atoms with Gasteiger partial charge in [0.2, 0.25) is 0 Å². The highest BCUT2D eigenvalue weighted by molar-refractivity contribution is 5.90. The SMILES string of the molecule is Cc1cc(O)c(C(C)C)cc1C1O[C@H](C)C2(C)CCC(=O)C(C)C2[C@H]1Oc1cc2c(CCC(=O)C(C)C)c(C)ccc2cc1C(C)C. The molecule has 6 atom stereocenters. The van der Waals surface area contributed by atoms with E-state index < -0.39 is 12.2 Å². The normalized spacial score (nSPS) is 26.3. The summed E-state index contributed by atoms with van der Waals surface area (Å²) in [7, 11) is 0. The van der Waals surface area contributed by atoms with Crippen LogP contribution in [0.4, 0.5) is 0 Å². The first-order valence-corrected chi connectivity index (χ1v) is 17.8. The second kappa shape index (κ2) is 13.4. The molecule has 5 nitrogen and oxygen atoms in total. The van der Waals surface area contributed by atoms with E-state index in [1.165, 1.54) is 11.1 Å². The number of phenols is 1. The number of ketones is 2. The second-order valence-electron chi connectivity index (χ2n) is 15.7. The lowest BCUT2D eigenvalue weighted by atomic mass is 9.56. The van der Waals surface area contributed by atoms with Gasteiger partial charge >= 0.3 is 0 Å². The molecule has 1 saturated carbocycles. The van der Waals surface area contributed by atoms with Crippen molar-refractivity contribution in [3.05, 3.63) is 69.8 Å². The van der Waals surface area contributed by atoms with Gasteiger partial charge in [0, 0.05) is 36.0 Å². The second-order valence-corrected chi connectivity index (χ2v) is 15.7. The van der Waals surface area contributed by atoms with Crippen molar-refractivity contribution in [2.45, 2.75) is 132 Å². The first kappa shape index (κ1) is 35.1. The molecule has 1 saturated heterocycles. The molecule has 2 fully saturated rings. The molecule has 2 aliphatic rings. The molecule has 0 spiro atoms. The molecule has 1 N–H and O–H groups in total. The molecule has 0 bridgehead atoms. The quantitative estimate of drug-likeness (QED) is 0.252. The number of phenolic OH excluding ortho intramolecular Hbond substituents is 1. The van der Waals surface area contributed by atoms with Crippen LogP contribution in [0.2, 0.25) is 0 Å². The van der Waals surface area contributed by atoms with Gasteiger partial charge in [-0.25, -0.2) is 0 Å². The van der Waals surface area contributed by atoms with Crippen molar-refractivity contribution in [1.29, 1.82) is 0 Å². The van der Waals surface area contributed by atoms with Crippen LogP contribution in [0.3, 0.4) is 0 Å². The maximum absolute atomic E-state index is 13.4. The van der Waals surface area contributed by atoms with Crippen LogP contribution in [0.1, 0.15) is 133 Å². The number of aromatic hydroxyl groups is 1. The molecule has 5 rings (SSSR count). The molecular formula is C42H56O5. The molecule has 4 unspecified atom stereocenters. The van der Waals surface area contributed by atoms with Crippen LogP contribution in [0, 0.1) is 37.0 Å². The first-order valence-electron chi connectivity index (χ1n) is 17.8. The smallest absolute Gasteiger partial charge is 0.136 e. The van der Waals surface area contributed by atoms with Crippen LogP contribution in [-0.2, 0) is 20.7 Å². The number of carbonyl (C=O) groups is 2. The third kappa shape index (κ3) is 6.49. The van der Waals surface area contributed by atoms with Crippen LogP contribution < -0.4 is 4.74 Å². The van der Waals surface area contributed by atoms with Crippen LogP contribution in [-0.4, -0.2) is 28.9 Å². The number of Topliss-reactive ketones (excluding diaryl/α,β-unsaturated/α-hetero) is 2. The maximum atomic E-state index is 13.4.